The zero-order valence-corrected chi connectivity index (χ0v) is 10.1. The van der Waals surface area contributed by atoms with Crippen molar-refractivity contribution in [3.63, 3.8) is 0 Å². The first-order valence-corrected chi connectivity index (χ1v) is 5.39. The zero-order valence-electron chi connectivity index (χ0n) is 10.1. The Labute approximate surface area is 101 Å². The van der Waals surface area contributed by atoms with E-state index in [0.29, 0.717) is 18.0 Å². The molecule has 94 valence electrons. The molecule has 0 fully saturated rings. The van der Waals surface area contributed by atoms with Crippen molar-refractivity contribution in [1.29, 1.82) is 0 Å². The van der Waals surface area contributed by atoms with Crippen LogP contribution in [0.15, 0.2) is 24.3 Å². The third-order valence-electron chi connectivity index (χ3n) is 2.28. The van der Waals surface area contributed by atoms with Crippen molar-refractivity contribution in [3.8, 4) is 5.75 Å². The van der Waals surface area contributed by atoms with Crippen molar-refractivity contribution >= 4 is 11.6 Å². The molecule has 0 unspecified atom stereocenters. The van der Waals surface area contributed by atoms with Crippen LogP contribution >= 0.6 is 0 Å². The van der Waals surface area contributed by atoms with Crippen molar-refractivity contribution < 1.29 is 14.6 Å². The van der Waals surface area contributed by atoms with Crippen LogP contribution in [0.3, 0.4) is 0 Å². The van der Waals surface area contributed by atoms with Gasteiger partial charge in [-0.05, 0) is 19.2 Å². The van der Waals surface area contributed by atoms with Gasteiger partial charge in [0.15, 0.2) is 0 Å². The molecule has 0 radical (unpaired) electrons. The van der Waals surface area contributed by atoms with Gasteiger partial charge in [-0.25, -0.2) is 0 Å². The molecule has 0 atom stereocenters. The number of rotatable bonds is 6. The number of benzene rings is 1. The fourth-order valence-corrected chi connectivity index (χ4v) is 1.43. The van der Waals surface area contributed by atoms with Gasteiger partial charge in [0.1, 0.15) is 5.75 Å². The molecule has 17 heavy (non-hydrogen) atoms. The van der Waals surface area contributed by atoms with E-state index in [4.69, 9.17) is 9.84 Å². The van der Waals surface area contributed by atoms with Gasteiger partial charge in [0.25, 0.3) is 0 Å². The lowest BCUT2D eigenvalue weighted by atomic mass is 10.3. The van der Waals surface area contributed by atoms with Gasteiger partial charge in [0.05, 0.1) is 25.9 Å². The van der Waals surface area contributed by atoms with E-state index in [-0.39, 0.29) is 19.1 Å². The van der Waals surface area contributed by atoms with Crippen LogP contribution in [-0.4, -0.2) is 49.8 Å². The number of carbonyl (C=O) groups is 1. The van der Waals surface area contributed by atoms with Gasteiger partial charge in [-0.3, -0.25) is 9.69 Å². The quantitative estimate of drug-likeness (QED) is 0.760. The van der Waals surface area contributed by atoms with Gasteiger partial charge in [-0.1, -0.05) is 12.1 Å². The Morgan fingerprint density at radius 1 is 1.47 bits per heavy atom. The Kier molecular flexibility index (Phi) is 5.45. The molecule has 5 heteroatoms. The van der Waals surface area contributed by atoms with E-state index in [1.165, 1.54) is 0 Å². The van der Waals surface area contributed by atoms with Gasteiger partial charge in [0.2, 0.25) is 5.91 Å². The number of hydrogen-bond acceptors (Lipinski definition) is 4. The summed E-state index contributed by atoms with van der Waals surface area (Å²) in [6, 6.07) is 7.23. The summed E-state index contributed by atoms with van der Waals surface area (Å²) in [4.78, 5) is 13.4. The van der Waals surface area contributed by atoms with Gasteiger partial charge < -0.3 is 15.2 Å². The minimum atomic E-state index is -0.134. The number of para-hydroxylation sites is 2. The first-order chi connectivity index (χ1) is 8.17. The van der Waals surface area contributed by atoms with E-state index >= 15 is 0 Å². The molecular weight excluding hydrogens is 220 g/mol. The Morgan fingerprint density at radius 3 is 2.82 bits per heavy atom. The standard InChI is InChI=1S/C12H18N2O3/c1-14(7-8-15)9-12(16)13-10-5-3-4-6-11(10)17-2/h3-6,15H,7-9H2,1-2H3,(H,13,16). The first-order valence-electron chi connectivity index (χ1n) is 5.39. The number of amides is 1. The first kappa shape index (κ1) is 13.5. The largest absolute Gasteiger partial charge is 0.495 e. The molecule has 0 spiro atoms. The molecule has 1 amide bonds. The number of hydrogen-bond donors (Lipinski definition) is 2. The lowest BCUT2D eigenvalue weighted by Gasteiger charge is -2.15. The summed E-state index contributed by atoms with van der Waals surface area (Å²) in [5, 5.41) is 11.5. The topological polar surface area (TPSA) is 61.8 Å². The molecule has 0 saturated heterocycles. The lowest BCUT2D eigenvalue weighted by molar-refractivity contribution is -0.117. The van der Waals surface area contributed by atoms with E-state index in [9.17, 15) is 4.79 Å². The van der Waals surface area contributed by atoms with Crippen LogP contribution < -0.4 is 10.1 Å². The van der Waals surface area contributed by atoms with E-state index in [1.54, 1.807) is 31.2 Å². The number of nitrogens with zero attached hydrogens (tertiary/aromatic N) is 1. The molecule has 0 aliphatic carbocycles. The van der Waals surface area contributed by atoms with E-state index in [1.807, 2.05) is 12.1 Å². The predicted octanol–water partition coefficient (Wildman–Crippen LogP) is 0.558. The maximum absolute atomic E-state index is 11.7. The van der Waals surface area contributed by atoms with Crippen molar-refractivity contribution in [3.05, 3.63) is 24.3 Å². The number of likely N-dealkylation sites (N-methyl/N-ethyl adjacent to an activating group) is 1. The van der Waals surface area contributed by atoms with Crippen LogP contribution in [-0.2, 0) is 4.79 Å². The summed E-state index contributed by atoms with van der Waals surface area (Å²) in [5.74, 6) is 0.496. The number of nitrogens with one attached hydrogen (secondary N) is 1. The molecule has 0 heterocycles. The molecule has 1 aromatic rings. The van der Waals surface area contributed by atoms with Crippen LogP contribution in [0, 0.1) is 0 Å². The highest BCUT2D eigenvalue weighted by Gasteiger charge is 2.08. The average molecular weight is 238 g/mol. The highest BCUT2D eigenvalue weighted by molar-refractivity contribution is 5.93. The van der Waals surface area contributed by atoms with E-state index in [2.05, 4.69) is 5.32 Å². The minimum absolute atomic E-state index is 0.0401. The van der Waals surface area contributed by atoms with Crippen LogP contribution in [0.1, 0.15) is 0 Å². The number of anilines is 1. The fourth-order valence-electron chi connectivity index (χ4n) is 1.43. The van der Waals surface area contributed by atoms with E-state index in [0.717, 1.165) is 0 Å². The molecule has 1 rings (SSSR count). The molecule has 5 nitrogen and oxygen atoms in total. The van der Waals surface area contributed by atoms with Crippen molar-refractivity contribution in [2.75, 3.05) is 39.2 Å². The van der Waals surface area contributed by atoms with Crippen LogP contribution in [0.2, 0.25) is 0 Å². The third kappa shape index (κ3) is 4.42. The summed E-state index contributed by atoms with van der Waals surface area (Å²) < 4.78 is 5.13. The smallest absolute Gasteiger partial charge is 0.238 e. The Balaban J connectivity index is 2.55. The highest BCUT2D eigenvalue weighted by Crippen LogP contribution is 2.22. The van der Waals surface area contributed by atoms with Gasteiger partial charge >= 0.3 is 0 Å². The number of methoxy groups -OCH3 is 1. The Bertz CT molecular complexity index is 369. The number of aliphatic hydroxyl groups is 1. The SMILES string of the molecule is COc1ccccc1NC(=O)CN(C)CCO. The maximum atomic E-state index is 11.7. The van der Waals surface area contributed by atoms with Crippen molar-refractivity contribution in [2.24, 2.45) is 0 Å². The fraction of sp³-hybridized carbons (Fsp3) is 0.417. The third-order valence-corrected chi connectivity index (χ3v) is 2.28. The monoisotopic (exact) mass is 238 g/mol. The number of ether oxygens (including phenoxy) is 1. The summed E-state index contributed by atoms with van der Waals surface area (Å²) in [5.41, 5.74) is 0.650. The normalized spacial score (nSPS) is 10.4. The van der Waals surface area contributed by atoms with Crippen molar-refractivity contribution in [1.82, 2.24) is 4.90 Å². The second-order valence-corrected chi connectivity index (χ2v) is 3.71. The van der Waals surface area contributed by atoms with Gasteiger partial charge in [0, 0.05) is 6.54 Å². The van der Waals surface area contributed by atoms with Crippen molar-refractivity contribution in [2.45, 2.75) is 0 Å². The van der Waals surface area contributed by atoms with Crippen LogP contribution in [0.5, 0.6) is 5.75 Å². The number of aliphatic hydroxyl groups excluding tert-OH is 1. The molecule has 2 N–H and O–H groups in total. The summed E-state index contributed by atoms with van der Waals surface area (Å²) in [6.07, 6.45) is 0. The molecule has 0 aliphatic heterocycles. The van der Waals surface area contributed by atoms with Gasteiger partial charge in [-0.2, -0.15) is 0 Å². The summed E-state index contributed by atoms with van der Waals surface area (Å²) in [6.45, 7) is 0.746. The van der Waals surface area contributed by atoms with E-state index < -0.39 is 0 Å². The Hall–Kier alpha value is -1.59. The predicted molar refractivity (Wildman–Crippen MR) is 66.2 cm³/mol. The highest BCUT2D eigenvalue weighted by atomic mass is 16.5. The molecular formula is C12H18N2O3. The Morgan fingerprint density at radius 2 is 2.18 bits per heavy atom. The molecule has 0 saturated carbocycles. The minimum Gasteiger partial charge on any atom is -0.495 e. The maximum Gasteiger partial charge on any atom is 0.238 e. The molecule has 0 aliphatic rings. The summed E-state index contributed by atoms with van der Waals surface area (Å²) in [7, 11) is 3.33. The zero-order chi connectivity index (χ0) is 12.7. The van der Waals surface area contributed by atoms with Crippen LogP contribution in [0.25, 0.3) is 0 Å². The number of carbonyl (C=O) groups excluding carboxylic acids is 1. The second-order valence-electron chi connectivity index (χ2n) is 3.71. The molecule has 0 aromatic heterocycles. The second kappa shape index (κ2) is 6.88. The van der Waals surface area contributed by atoms with Gasteiger partial charge in [-0.15, -0.1) is 0 Å². The average Bonchev–Trinajstić information content (AvgIpc) is 2.29. The summed E-state index contributed by atoms with van der Waals surface area (Å²) >= 11 is 0. The lowest BCUT2D eigenvalue weighted by Crippen LogP contribution is -2.32. The molecule has 1 aromatic carbocycles. The molecule has 0 bridgehead atoms. The van der Waals surface area contributed by atoms with Crippen LogP contribution in [0.4, 0.5) is 5.69 Å².